The second-order valence-electron chi connectivity index (χ2n) is 7.31. The SMILES string of the molecule is COc1cc(/C=C2/SC(=O)N(Cc3ccccc3Cl)C2=O)cc(I)c1OCc1ccc(Cl)cc1. The summed E-state index contributed by atoms with van der Waals surface area (Å²) in [6.07, 6.45) is 1.69. The maximum Gasteiger partial charge on any atom is 0.293 e. The van der Waals surface area contributed by atoms with Gasteiger partial charge in [0.25, 0.3) is 11.1 Å². The van der Waals surface area contributed by atoms with E-state index in [1.165, 1.54) is 4.90 Å². The van der Waals surface area contributed by atoms with Crippen LogP contribution in [0.5, 0.6) is 11.5 Å². The third-order valence-corrected chi connectivity index (χ3v) is 7.34. The maximum atomic E-state index is 12.9. The molecule has 34 heavy (non-hydrogen) atoms. The highest BCUT2D eigenvalue weighted by atomic mass is 127. The number of hydrogen-bond acceptors (Lipinski definition) is 5. The predicted molar refractivity (Wildman–Crippen MR) is 144 cm³/mol. The molecule has 3 aromatic rings. The molecule has 1 saturated heterocycles. The molecule has 0 unspecified atom stereocenters. The Balaban J connectivity index is 1.53. The quantitative estimate of drug-likeness (QED) is 0.202. The highest BCUT2D eigenvalue weighted by molar-refractivity contribution is 14.1. The number of benzene rings is 3. The first kappa shape index (κ1) is 24.9. The first-order valence-corrected chi connectivity index (χ1v) is 12.7. The van der Waals surface area contributed by atoms with E-state index < -0.39 is 0 Å². The van der Waals surface area contributed by atoms with Crippen LogP contribution in [0.4, 0.5) is 4.79 Å². The Labute approximate surface area is 225 Å². The molecule has 0 radical (unpaired) electrons. The Morgan fingerprint density at radius 1 is 1.06 bits per heavy atom. The Morgan fingerprint density at radius 2 is 1.79 bits per heavy atom. The van der Waals surface area contributed by atoms with Gasteiger partial charge >= 0.3 is 0 Å². The number of halogens is 3. The smallest absolute Gasteiger partial charge is 0.293 e. The molecule has 2 amide bonds. The molecule has 4 rings (SSSR count). The lowest BCUT2D eigenvalue weighted by Crippen LogP contribution is -2.27. The lowest BCUT2D eigenvalue weighted by Gasteiger charge is -2.14. The van der Waals surface area contributed by atoms with Crippen LogP contribution in [-0.4, -0.2) is 23.2 Å². The summed E-state index contributed by atoms with van der Waals surface area (Å²) in [5, 5.41) is 0.844. The normalized spacial score (nSPS) is 14.7. The highest BCUT2D eigenvalue weighted by Crippen LogP contribution is 2.38. The molecular weight excluding hydrogens is 608 g/mol. The Kier molecular flexibility index (Phi) is 8.08. The summed E-state index contributed by atoms with van der Waals surface area (Å²) in [6.45, 7) is 0.476. The van der Waals surface area contributed by atoms with Gasteiger partial charge in [0.1, 0.15) is 6.61 Å². The zero-order valence-corrected chi connectivity index (χ0v) is 22.4. The molecular formula is C25H18Cl2INO4S. The summed E-state index contributed by atoms with van der Waals surface area (Å²) < 4.78 is 12.3. The minimum Gasteiger partial charge on any atom is -0.493 e. The van der Waals surface area contributed by atoms with Gasteiger partial charge in [-0.15, -0.1) is 0 Å². The van der Waals surface area contributed by atoms with Crippen LogP contribution in [0.2, 0.25) is 10.0 Å². The average molecular weight is 626 g/mol. The monoisotopic (exact) mass is 625 g/mol. The van der Waals surface area contributed by atoms with E-state index in [1.807, 2.05) is 36.4 Å². The second-order valence-corrected chi connectivity index (χ2v) is 10.3. The molecule has 0 N–H and O–H groups in total. The van der Waals surface area contributed by atoms with E-state index in [2.05, 4.69) is 22.6 Å². The predicted octanol–water partition coefficient (Wildman–Crippen LogP) is 7.42. The average Bonchev–Trinajstić information content (AvgIpc) is 3.07. The van der Waals surface area contributed by atoms with Crippen LogP contribution in [-0.2, 0) is 17.9 Å². The van der Waals surface area contributed by atoms with Crippen LogP contribution < -0.4 is 9.47 Å². The molecule has 1 heterocycles. The summed E-state index contributed by atoms with van der Waals surface area (Å²) in [7, 11) is 1.56. The molecule has 9 heteroatoms. The number of imide groups is 1. The van der Waals surface area contributed by atoms with Crippen molar-refractivity contribution in [3.63, 3.8) is 0 Å². The van der Waals surface area contributed by atoms with Crippen LogP contribution in [0.3, 0.4) is 0 Å². The van der Waals surface area contributed by atoms with Gasteiger partial charge in [-0.2, -0.15) is 0 Å². The summed E-state index contributed by atoms with van der Waals surface area (Å²) in [5.41, 5.74) is 2.41. The number of rotatable bonds is 7. The van der Waals surface area contributed by atoms with Crippen molar-refractivity contribution in [1.82, 2.24) is 4.90 Å². The molecule has 0 atom stereocenters. The van der Waals surface area contributed by atoms with Crippen LogP contribution in [0.1, 0.15) is 16.7 Å². The van der Waals surface area contributed by atoms with Crippen molar-refractivity contribution in [3.05, 3.63) is 95.9 Å². The molecule has 0 bridgehead atoms. The number of carbonyl (C=O) groups excluding carboxylic acids is 2. The van der Waals surface area contributed by atoms with Crippen LogP contribution in [0.25, 0.3) is 6.08 Å². The van der Waals surface area contributed by atoms with E-state index in [1.54, 1.807) is 37.5 Å². The van der Waals surface area contributed by atoms with E-state index in [9.17, 15) is 9.59 Å². The molecule has 1 aliphatic rings. The number of methoxy groups -OCH3 is 1. The number of nitrogens with zero attached hydrogens (tertiary/aromatic N) is 1. The van der Waals surface area contributed by atoms with Crippen molar-refractivity contribution in [1.29, 1.82) is 0 Å². The fourth-order valence-corrected chi connectivity index (χ4v) is 5.22. The van der Waals surface area contributed by atoms with E-state index in [4.69, 9.17) is 32.7 Å². The molecule has 0 saturated carbocycles. The summed E-state index contributed by atoms with van der Waals surface area (Å²) in [6, 6.07) is 18.2. The van der Waals surface area contributed by atoms with Crippen molar-refractivity contribution in [2.45, 2.75) is 13.2 Å². The first-order valence-electron chi connectivity index (χ1n) is 10.1. The molecule has 174 valence electrons. The third kappa shape index (κ3) is 5.71. The Bertz CT molecular complexity index is 1280. The molecule has 0 spiro atoms. The number of thioether (sulfide) groups is 1. The third-order valence-electron chi connectivity index (χ3n) is 5.01. The van der Waals surface area contributed by atoms with Gasteiger partial charge in [-0.25, -0.2) is 0 Å². The summed E-state index contributed by atoms with van der Waals surface area (Å²) >= 11 is 15.2. The molecule has 0 aliphatic carbocycles. The van der Waals surface area contributed by atoms with E-state index in [0.29, 0.717) is 38.6 Å². The fraction of sp³-hybridized carbons (Fsp3) is 0.120. The van der Waals surface area contributed by atoms with Gasteiger partial charge in [0.05, 0.1) is 22.1 Å². The van der Waals surface area contributed by atoms with Gasteiger partial charge < -0.3 is 9.47 Å². The van der Waals surface area contributed by atoms with Gasteiger partial charge in [-0.05, 0) is 87.5 Å². The van der Waals surface area contributed by atoms with Crippen molar-refractivity contribution in [3.8, 4) is 11.5 Å². The Hall–Kier alpha value is -2.20. The number of carbonyl (C=O) groups is 2. The minimum absolute atomic E-state index is 0.125. The first-order chi connectivity index (χ1) is 16.4. The number of amides is 2. The maximum absolute atomic E-state index is 12.9. The molecule has 1 fully saturated rings. The van der Waals surface area contributed by atoms with E-state index in [0.717, 1.165) is 26.5 Å². The van der Waals surface area contributed by atoms with Crippen molar-refractivity contribution in [2.75, 3.05) is 7.11 Å². The van der Waals surface area contributed by atoms with Gasteiger partial charge in [-0.1, -0.05) is 53.5 Å². The van der Waals surface area contributed by atoms with Crippen LogP contribution >= 0.6 is 57.6 Å². The van der Waals surface area contributed by atoms with Crippen molar-refractivity contribution >= 4 is 74.8 Å². The Morgan fingerprint density at radius 3 is 2.50 bits per heavy atom. The molecule has 3 aromatic carbocycles. The van der Waals surface area contributed by atoms with Gasteiger partial charge in [0, 0.05) is 10.0 Å². The lowest BCUT2D eigenvalue weighted by molar-refractivity contribution is -0.123. The zero-order valence-electron chi connectivity index (χ0n) is 17.9. The van der Waals surface area contributed by atoms with Crippen molar-refractivity contribution < 1.29 is 19.1 Å². The molecule has 1 aliphatic heterocycles. The van der Waals surface area contributed by atoms with E-state index in [-0.39, 0.29) is 17.7 Å². The largest absolute Gasteiger partial charge is 0.493 e. The van der Waals surface area contributed by atoms with E-state index >= 15 is 0 Å². The fourth-order valence-electron chi connectivity index (χ4n) is 3.28. The van der Waals surface area contributed by atoms with Gasteiger partial charge in [0.15, 0.2) is 11.5 Å². The van der Waals surface area contributed by atoms with Crippen molar-refractivity contribution in [2.24, 2.45) is 0 Å². The minimum atomic E-state index is -0.355. The van der Waals surface area contributed by atoms with Gasteiger partial charge in [0.2, 0.25) is 0 Å². The topological polar surface area (TPSA) is 55.8 Å². The van der Waals surface area contributed by atoms with Crippen LogP contribution in [0, 0.1) is 3.57 Å². The summed E-state index contributed by atoms with van der Waals surface area (Å²) in [5.74, 6) is 0.774. The highest BCUT2D eigenvalue weighted by Gasteiger charge is 2.35. The van der Waals surface area contributed by atoms with Crippen LogP contribution in [0.15, 0.2) is 65.6 Å². The number of ether oxygens (including phenoxy) is 2. The molecule has 0 aromatic heterocycles. The zero-order chi connectivity index (χ0) is 24.2. The summed E-state index contributed by atoms with van der Waals surface area (Å²) in [4.78, 5) is 27.0. The number of hydrogen-bond donors (Lipinski definition) is 0. The van der Waals surface area contributed by atoms with Gasteiger partial charge in [-0.3, -0.25) is 14.5 Å². The molecule has 5 nitrogen and oxygen atoms in total. The standard InChI is InChI=1S/C25H18Cl2INO4S/c1-32-21-11-16(10-20(28)23(21)33-14-15-6-8-18(26)9-7-15)12-22-24(30)29(25(31)34-22)13-17-4-2-3-5-19(17)27/h2-12H,13-14H2,1H3/b22-12+. The second kappa shape index (κ2) is 11.0. The lowest BCUT2D eigenvalue weighted by atomic mass is 10.1.